The topological polar surface area (TPSA) is 58.2 Å². The first-order valence-electron chi connectivity index (χ1n) is 8.97. The third kappa shape index (κ3) is 5.11. The summed E-state index contributed by atoms with van der Waals surface area (Å²) >= 11 is 1.33. The molecule has 0 aliphatic heterocycles. The fraction of sp³-hybridized carbons (Fsp3) is 0.333. The normalized spacial score (nSPS) is 13.0. The lowest BCUT2D eigenvalue weighted by atomic mass is 9.90. The highest BCUT2D eigenvalue weighted by Gasteiger charge is 2.14. The summed E-state index contributed by atoms with van der Waals surface area (Å²) in [7, 11) is 0. The second-order valence-electron chi connectivity index (χ2n) is 6.61. The molecule has 0 saturated heterocycles. The van der Waals surface area contributed by atoms with Crippen LogP contribution in [0.25, 0.3) is 0 Å². The van der Waals surface area contributed by atoms with Crippen LogP contribution < -0.4 is 10.6 Å². The summed E-state index contributed by atoms with van der Waals surface area (Å²) < 4.78 is 0. The summed E-state index contributed by atoms with van der Waals surface area (Å²) in [5, 5.41) is 5.87. The Bertz CT molecular complexity index is 804. The molecule has 0 saturated carbocycles. The van der Waals surface area contributed by atoms with Crippen molar-refractivity contribution >= 4 is 35.0 Å². The highest BCUT2D eigenvalue weighted by molar-refractivity contribution is 8.00. The molecule has 0 atom stereocenters. The van der Waals surface area contributed by atoms with Crippen LogP contribution >= 0.6 is 11.8 Å². The lowest BCUT2D eigenvalue weighted by Gasteiger charge is -2.19. The van der Waals surface area contributed by atoms with E-state index < -0.39 is 0 Å². The summed E-state index contributed by atoms with van der Waals surface area (Å²) in [6.07, 6.45) is 4.51. The Balaban J connectivity index is 1.45. The minimum absolute atomic E-state index is 0.0580. The number of carbonyl (C=O) groups is 2. The number of nitrogens with one attached hydrogen (secondary N) is 2. The number of hydrogen-bond donors (Lipinski definition) is 2. The predicted molar refractivity (Wildman–Crippen MR) is 109 cm³/mol. The first-order valence-corrected chi connectivity index (χ1v) is 10.1. The molecular weight excluding hydrogens is 344 g/mol. The lowest BCUT2D eigenvalue weighted by molar-refractivity contribution is -0.114. The van der Waals surface area contributed by atoms with Crippen molar-refractivity contribution in [1.29, 1.82) is 0 Å². The van der Waals surface area contributed by atoms with Crippen molar-refractivity contribution in [3.8, 4) is 0 Å². The van der Waals surface area contributed by atoms with E-state index in [-0.39, 0.29) is 23.3 Å². The van der Waals surface area contributed by atoms with Crippen LogP contribution in [0.2, 0.25) is 0 Å². The summed E-state index contributed by atoms with van der Waals surface area (Å²) in [6.45, 7) is 1.98. The molecule has 2 aromatic rings. The Hall–Kier alpha value is -2.27. The second-order valence-corrected chi connectivity index (χ2v) is 7.59. The van der Waals surface area contributed by atoms with Crippen molar-refractivity contribution < 1.29 is 9.59 Å². The van der Waals surface area contributed by atoms with E-state index in [0.717, 1.165) is 29.8 Å². The van der Waals surface area contributed by atoms with Crippen LogP contribution in [-0.4, -0.2) is 23.3 Å². The highest BCUT2D eigenvalue weighted by atomic mass is 32.2. The molecule has 1 aliphatic carbocycles. The van der Waals surface area contributed by atoms with Gasteiger partial charge in [-0.15, -0.1) is 11.8 Å². The fourth-order valence-electron chi connectivity index (χ4n) is 3.24. The van der Waals surface area contributed by atoms with E-state index in [4.69, 9.17) is 0 Å². The van der Waals surface area contributed by atoms with Crippen molar-refractivity contribution in [2.75, 3.05) is 22.1 Å². The summed E-state index contributed by atoms with van der Waals surface area (Å²) in [4.78, 5) is 24.2. The molecule has 4 nitrogen and oxygen atoms in total. The largest absolute Gasteiger partial charge is 0.325 e. The van der Waals surface area contributed by atoms with Gasteiger partial charge in [-0.25, -0.2) is 0 Å². The lowest BCUT2D eigenvalue weighted by Crippen LogP contribution is -2.19. The number of thioether (sulfide) groups is 1. The van der Waals surface area contributed by atoms with Crippen molar-refractivity contribution in [3.05, 3.63) is 59.2 Å². The maximum absolute atomic E-state index is 12.2. The van der Waals surface area contributed by atoms with Crippen molar-refractivity contribution in [2.45, 2.75) is 32.6 Å². The van der Waals surface area contributed by atoms with Crippen molar-refractivity contribution in [3.63, 3.8) is 0 Å². The average Bonchev–Trinajstić information content (AvgIpc) is 2.62. The third-order valence-electron chi connectivity index (χ3n) is 4.44. The highest BCUT2D eigenvalue weighted by Crippen LogP contribution is 2.27. The van der Waals surface area contributed by atoms with Gasteiger partial charge in [-0.1, -0.05) is 24.3 Å². The molecule has 0 unspecified atom stereocenters. The van der Waals surface area contributed by atoms with Gasteiger partial charge < -0.3 is 10.6 Å². The van der Waals surface area contributed by atoms with E-state index in [9.17, 15) is 9.59 Å². The molecule has 0 aromatic heterocycles. The van der Waals surface area contributed by atoms with Gasteiger partial charge in [0.05, 0.1) is 11.5 Å². The number of carbonyl (C=O) groups excluding carboxylic acids is 2. The third-order valence-corrected chi connectivity index (χ3v) is 5.37. The Labute approximate surface area is 158 Å². The zero-order chi connectivity index (χ0) is 18.4. The Morgan fingerprint density at radius 2 is 1.69 bits per heavy atom. The van der Waals surface area contributed by atoms with E-state index in [1.165, 1.54) is 35.7 Å². The van der Waals surface area contributed by atoms with Crippen LogP contribution in [0.15, 0.2) is 42.5 Å². The predicted octanol–water partition coefficient (Wildman–Crippen LogP) is 4.18. The van der Waals surface area contributed by atoms with Crippen molar-refractivity contribution in [1.82, 2.24) is 0 Å². The molecule has 0 heterocycles. The molecule has 2 amide bonds. The quantitative estimate of drug-likeness (QED) is 0.804. The van der Waals surface area contributed by atoms with E-state index in [1.807, 2.05) is 43.3 Å². The van der Waals surface area contributed by atoms with Gasteiger partial charge in [-0.2, -0.15) is 0 Å². The molecule has 0 bridgehead atoms. The molecule has 2 aromatic carbocycles. The summed E-state index contributed by atoms with van der Waals surface area (Å²) in [6, 6.07) is 13.8. The van der Waals surface area contributed by atoms with Crippen LogP contribution in [0, 0.1) is 6.92 Å². The second kappa shape index (κ2) is 8.90. The zero-order valence-electron chi connectivity index (χ0n) is 15.0. The number of benzene rings is 2. The SMILES string of the molecule is Cc1cccc(NC(=O)CSCC(=O)Nc2cccc3c2CCCC3)c1. The summed E-state index contributed by atoms with van der Waals surface area (Å²) in [5.74, 6) is 0.377. The maximum Gasteiger partial charge on any atom is 0.234 e. The molecule has 0 fully saturated rings. The fourth-order valence-corrected chi connectivity index (χ4v) is 3.86. The van der Waals surface area contributed by atoms with E-state index in [0.29, 0.717) is 0 Å². The van der Waals surface area contributed by atoms with Crippen LogP contribution in [0.1, 0.15) is 29.5 Å². The molecule has 5 heteroatoms. The van der Waals surface area contributed by atoms with Gasteiger partial charge >= 0.3 is 0 Å². The molecule has 26 heavy (non-hydrogen) atoms. The number of anilines is 2. The van der Waals surface area contributed by atoms with Crippen LogP contribution in [0.3, 0.4) is 0 Å². The number of hydrogen-bond acceptors (Lipinski definition) is 3. The maximum atomic E-state index is 12.2. The molecule has 136 valence electrons. The minimum atomic E-state index is -0.0921. The standard InChI is InChI=1S/C21H24N2O2S/c1-15-6-4-9-17(12-15)22-20(24)13-26-14-21(25)23-19-11-5-8-16-7-2-3-10-18(16)19/h4-6,8-9,11-12H,2-3,7,10,13-14H2,1H3,(H,22,24)(H,23,25). The Kier molecular flexibility index (Phi) is 6.34. The number of amides is 2. The number of fused-ring (bicyclic) bond motifs is 1. The summed E-state index contributed by atoms with van der Waals surface area (Å²) in [5.41, 5.74) is 5.43. The van der Waals surface area contributed by atoms with E-state index in [2.05, 4.69) is 16.7 Å². The monoisotopic (exact) mass is 368 g/mol. The molecule has 0 radical (unpaired) electrons. The van der Waals surface area contributed by atoms with Gasteiger partial charge in [0.1, 0.15) is 0 Å². The van der Waals surface area contributed by atoms with Gasteiger partial charge in [0, 0.05) is 11.4 Å². The van der Waals surface area contributed by atoms with E-state index >= 15 is 0 Å². The van der Waals surface area contributed by atoms with Crippen molar-refractivity contribution in [2.24, 2.45) is 0 Å². The Morgan fingerprint density at radius 3 is 2.50 bits per heavy atom. The minimum Gasteiger partial charge on any atom is -0.325 e. The van der Waals surface area contributed by atoms with Gasteiger partial charge in [-0.3, -0.25) is 9.59 Å². The number of aryl methyl sites for hydroxylation is 2. The molecular formula is C21H24N2O2S. The molecule has 0 spiro atoms. The van der Waals surface area contributed by atoms with Gasteiger partial charge in [-0.05, 0) is 67.5 Å². The zero-order valence-corrected chi connectivity index (χ0v) is 15.8. The van der Waals surface area contributed by atoms with Crippen LogP contribution in [0.4, 0.5) is 11.4 Å². The van der Waals surface area contributed by atoms with Crippen LogP contribution in [-0.2, 0) is 22.4 Å². The first kappa shape index (κ1) is 18.5. The first-order chi connectivity index (χ1) is 12.6. The average molecular weight is 369 g/mol. The van der Waals surface area contributed by atoms with E-state index in [1.54, 1.807) is 0 Å². The smallest absolute Gasteiger partial charge is 0.234 e. The number of rotatable bonds is 6. The van der Waals surface area contributed by atoms with Gasteiger partial charge in [0.2, 0.25) is 11.8 Å². The van der Waals surface area contributed by atoms with Gasteiger partial charge in [0.25, 0.3) is 0 Å². The molecule has 1 aliphatic rings. The van der Waals surface area contributed by atoms with Gasteiger partial charge in [0.15, 0.2) is 0 Å². The van der Waals surface area contributed by atoms with Crippen LogP contribution in [0.5, 0.6) is 0 Å². The molecule has 3 rings (SSSR count). The Morgan fingerprint density at radius 1 is 0.962 bits per heavy atom. The molecule has 2 N–H and O–H groups in total.